The van der Waals surface area contributed by atoms with E-state index in [-0.39, 0.29) is 11.8 Å². The first kappa shape index (κ1) is 11.1. The maximum absolute atomic E-state index is 11.9. The van der Waals surface area contributed by atoms with Gasteiger partial charge in [0.1, 0.15) is 6.04 Å². The Morgan fingerprint density at radius 2 is 2.28 bits per heavy atom. The number of H-pyrrole nitrogens is 1. The molecule has 3 heterocycles. The van der Waals surface area contributed by atoms with Crippen LogP contribution < -0.4 is 5.32 Å². The van der Waals surface area contributed by atoms with Gasteiger partial charge in [-0.05, 0) is 24.7 Å². The van der Waals surface area contributed by atoms with Crippen molar-refractivity contribution >= 4 is 35.1 Å². The first-order chi connectivity index (χ1) is 8.66. The number of hydrogen-bond donors (Lipinski definition) is 2. The molecule has 2 aromatic heterocycles. The highest BCUT2D eigenvalue weighted by Crippen LogP contribution is 2.24. The Kier molecular flexibility index (Phi) is 2.48. The molecule has 2 aromatic rings. The molecule has 1 fully saturated rings. The van der Waals surface area contributed by atoms with Crippen LogP contribution in [-0.2, 0) is 9.59 Å². The Balaban J connectivity index is 2.14. The van der Waals surface area contributed by atoms with E-state index in [2.05, 4.69) is 15.3 Å². The van der Waals surface area contributed by atoms with E-state index in [1.807, 2.05) is 0 Å². The van der Waals surface area contributed by atoms with Crippen LogP contribution in [0.2, 0.25) is 0 Å². The minimum atomic E-state index is -0.439. The van der Waals surface area contributed by atoms with Crippen molar-refractivity contribution in [2.24, 2.45) is 0 Å². The van der Waals surface area contributed by atoms with E-state index in [1.165, 1.54) is 0 Å². The van der Waals surface area contributed by atoms with E-state index < -0.39 is 6.04 Å². The Morgan fingerprint density at radius 3 is 3.06 bits per heavy atom. The molecule has 1 unspecified atom stereocenters. The molecule has 1 aliphatic heterocycles. The number of nitrogens with zero attached hydrogens (tertiary/aromatic N) is 2. The number of rotatable bonds is 1. The molecule has 18 heavy (non-hydrogen) atoms. The molecule has 0 saturated carbocycles. The Labute approximate surface area is 107 Å². The number of amides is 2. The summed E-state index contributed by atoms with van der Waals surface area (Å²) in [5.41, 5.74) is 1.61. The van der Waals surface area contributed by atoms with Gasteiger partial charge in [0.2, 0.25) is 11.8 Å². The number of imide groups is 1. The molecule has 7 heteroatoms. The SMILES string of the molecule is O=C1CCC(n2c(=S)[nH]c3cnccc32)C(=O)N1. The van der Waals surface area contributed by atoms with Gasteiger partial charge in [-0.15, -0.1) is 0 Å². The van der Waals surface area contributed by atoms with Crippen LogP contribution in [0.1, 0.15) is 18.9 Å². The molecular formula is C11H10N4O2S. The number of pyridine rings is 1. The lowest BCUT2D eigenvalue weighted by atomic mass is 10.1. The van der Waals surface area contributed by atoms with Crippen LogP contribution in [-0.4, -0.2) is 26.3 Å². The average Bonchev–Trinajstić information content (AvgIpc) is 2.66. The maximum Gasteiger partial charge on any atom is 0.249 e. The topological polar surface area (TPSA) is 79.8 Å². The summed E-state index contributed by atoms with van der Waals surface area (Å²) in [6.45, 7) is 0. The molecule has 6 nitrogen and oxygen atoms in total. The van der Waals surface area contributed by atoms with Crippen molar-refractivity contribution in [3.8, 4) is 0 Å². The van der Waals surface area contributed by atoms with Crippen molar-refractivity contribution in [1.29, 1.82) is 0 Å². The van der Waals surface area contributed by atoms with E-state index in [0.717, 1.165) is 11.0 Å². The van der Waals surface area contributed by atoms with Crippen molar-refractivity contribution in [1.82, 2.24) is 19.9 Å². The van der Waals surface area contributed by atoms with Gasteiger partial charge in [0.05, 0.1) is 17.2 Å². The molecule has 1 aliphatic rings. The lowest BCUT2D eigenvalue weighted by Gasteiger charge is -2.22. The van der Waals surface area contributed by atoms with Crippen LogP contribution in [0.25, 0.3) is 11.0 Å². The summed E-state index contributed by atoms with van der Waals surface area (Å²) in [6.07, 6.45) is 4.10. The van der Waals surface area contributed by atoms with Crippen LogP contribution in [0.3, 0.4) is 0 Å². The number of fused-ring (bicyclic) bond motifs is 1. The van der Waals surface area contributed by atoms with Gasteiger partial charge in [-0.2, -0.15) is 0 Å². The van der Waals surface area contributed by atoms with Gasteiger partial charge >= 0.3 is 0 Å². The van der Waals surface area contributed by atoms with Crippen LogP contribution in [0.15, 0.2) is 18.5 Å². The molecule has 92 valence electrons. The fourth-order valence-electron chi connectivity index (χ4n) is 2.22. The quantitative estimate of drug-likeness (QED) is 0.595. The second-order valence-electron chi connectivity index (χ2n) is 4.16. The maximum atomic E-state index is 11.9. The van der Waals surface area contributed by atoms with Gasteiger partial charge in [-0.3, -0.25) is 19.9 Å². The van der Waals surface area contributed by atoms with Gasteiger partial charge in [-0.25, -0.2) is 0 Å². The minimum Gasteiger partial charge on any atom is -0.329 e. The van der Waals surface area contributed by atoms with Crippen LogP contribution in [0.5, 0.6) is 0 Å². The largest absolute Gasteiger partial charge is 0.329 e. The number of aromatic nitrogens is 3. The van der Waals surface area contributed by atoms with Gasteiger partial charge in [0.25, 0.3) is 0 Å². The summed E-state index contributed by atoms with van der Waals surface area (Å²) in [5.74, 6) is -0.538. The average molecular weight is 262 g/mol. The highest BCUT2D eigenvalue weighted by atomic mass is 32.1. The number of aromatic amines is 1. The second kappa shape index (κ2) is 4.02. The number of hydrogen-bond acceptors (Lipinski definition) is 4. The van der Waals surface area contributed by atoms with Gasteiger partial charge in [-0.1, -0.05) is 0 Å². The van der Waals surface area contributed by atoms with Crippen molar-refractivity contribution in [3.05, 3.63) is 23.2 Å². The lowest BCUT2D eigenvalue weighted by Crippen LogP contribution is -2.41. The predicted molar refractivity (Wildman–Crippen MR) is 66.3 cm³/mol. The van der Waals surface area contributed by atoms with Crippen molar-refractivity contribution in [2.45, 2.75) is 18.9 Å². The highest BCUT2D eigenvalue weighted by Gasteiger charge is 2.29. The fraction of sp³-hybridized carbons (Fsp3) is 0.273. The van der Waals surface area contributed by atoms with E-state index in [0.29, 0.717) is 17.6 Å². The zero-order valence-electron chi connectivity index (χ0n) is 9.34. The Bertz CT molecular complexity index is 702. The number of carbonyl (C=O) groups excluding carboxylic acids is 2. The number of carbonyl (C=O) groups is 2. The molecule has 1 atom stereocenters. The predicted octanol–water partition coefficient (Wildman–Crippen LogP) is 1.07. The Hall–Kier alpha value is -2.02. The third kappa shape index (κ3) is 1.63. The summed E-state index contributed by atoms with van der Waals surface area (Å²) in [7, 11) is 0. The molecule has 0 bridgehead atoms. The highest BCUT2D eigenvalue weighted by molar-refractivity contribution is 7.71. The number of nitrogens with one attached hydrogen (secondary N) is 2. The molecule has 1 saturated heterocycles. The number of piperidine rings is 1. The summed E-state index contributed by atoms with van der Waals surface area (Å²) in [4.78, 5) is 30.0. The minimum absolute atomic E-state index is 0.232. The zero-order chi connectivity index (χ0) is 12.7. The smallest absolute Gasteiger partial charge is 0.249 e. The first-order valence-corrected chi connectivity index (χ1v) is 5.95. The summed E-state index contributed by atoms with van der Waals surface area (Å²) < 4.78 is 2.21. The van der Waals surface area contributed by atoms with E-state index in [4.69, 9.17) is 12.2 Å². The summed E-state index contributed by atoms with van der Waals surface area (Å²) >= 11 is 5.23. The lowest BCUT2D eigenvalue weighted by molar-refractivity contribution is -0.135. The van der Waals surface area contributed by atoms with Crippen molar-refractivity contribution < 1.29 is 9.59 Å². The molecule has 0 aliphatic carbocycles. The molecule has 0 spiro atoms. The standard InChI is InChI=1S/C11H10N4O2S/c16-9-2-1-8(10(17)14-9)15-7-3-4-12-5-6(7)13-11(15)18/h3-5,8H,1-2H2,(H,13,18)(H,14,16,17). The molecule has 3 rings (SSSR count). The molecule has 2 N–H and O–H groups in total. The second-order valence-corrected chi connectivity index (χ2v) is 4.55. The van der Waals surface area contributed by atoms with Crippen LogP contribution >= 0.6 is 12.2 Å². The van der Waals surface area contributed by atoms with Crippen molar-refractivity contribution in [3.63, 3.8) is 0 Å². The van der Waals surface area contributed by atoms with Gasteiger partial charge in [0.15, 0.2) is 4.77 Å². The summed E-state index contributed by atoms with van der Waals surface area (Å²) in [5, 5.41) is 2.34. The van der Waals surface area contributed by atoms with Crippen LogP contribution in [0, 0.1) is 4.77 Å². The Morgan fingerprint density at radius 1 is 1.44 bits per heavy atom. The zero-order valence-corrected chi connectivity index (χ0v) is 10.2. The third-order valence-corrected chi connectivity index (χ3v) is 3.34. The normalized spacial score (nSPS) is 20.1. The molecule has 0 radical (unpaired) electrons. The summed E-state index contributed by atoms with van der Waals surface area (Å²) in [6, 6.07) is 1.36. The van der Waals surface area contributed by atoms with Crippen molar-refractivity contribution in [2.75, 3.05) is 0 Å². The molecule has 2 amide bonds. The molecular weight excluding hydrogens is 252 g/mol. The van der Waals surface area contributed by atoms with E-state index in [9.17, 15) is 9.59 Å². The number of imidazole rings is 1. The monoisotopic (exact) mass is 262 g/mol. The van der Waals surface area contributed by atoms with Gasteiger partial charge in [0, 0.05) is 12.6 Å². The third-order valence-electron chi connectivity index (χ3n) is 3.04. The fourth-order valence-corrected chi connectivity index (χ4v) is 2.55. The van der Waals surface area contributed by atoms with E-state index >= 15 is 0 Å². The van der Waals surface area contributed by atoms with E-state index in [1.54, 1.807) is 23.0 Å². The van der Waals surface area contributed by atoms with Crippen LogP contribution in [0.4, 0.5) is 0 Å². The van der Waals surface area contributed by atoms with Gasteiger partial charge < -0.3 is 9.55 Å². The molecule has 0 aromatic carbocycles. The first-order valence-electron chi connectivity index (χ1n) is 5.55.